The molecular weight excluding hydrogens is 366 g/mol. The molecule has 0 aliphatic heterocycles. The molecule has 0 spiro atoms. The summed E-state index contributed by atoms with van der Waals surface area (Å²) in [7, 11) is 1.66. The Bertz CT molecular complexity index is 1150. The number of benzene rings is 1. The predicted molar refractivity (Wildman–Crippen MR) is 112 cm³/mol. The molecule has 0 saturated heterocycles. The highest BCUT2D eigenvalue weighted by atomic mass is 16.5. The minimum absolute atomic E-state index is 0.348. The van der Waals surface area contributed by atoms with Gasteiger partial charge in [0, 0.05) is 36.8 Å². The van der Waals surface area contributed by atoms with Crippen molar-refractivity contribution in [1.29, 1.82) is 0 Å². The Hall–Kier alpha value is -3.19. The Morgan fingerprint density at radius 1 is 1.21 bits per heavy atom. The lowest BCUT2D eigenvalue weighted by molar-refractivity contribution is 0.178. The number of aromatic nitrogens is 5. The Balaban J connectivity index is 1.80. The van der Waals surface area contributed by atoms with Crippen molar-refractivity contribution in [3.8, 4) is 22.7 Å². The summed E-state index contributed by atoms with van der Waals surface area (Å²) in [6, 6.07) is 7.83. The van der Waals surface area contributed by atoms with E-state index in [4.69, 9.17) is 14.7 Å². The summed E-state index contributed by atoms with van der Waals surface area (Å²) in [6.07, 6.45) is 6.02. The molecule has 0 aliphatic rings. The third-order valence-electron chi connectivity index (χ3n) is 5.04. The van der Waals surface area contributed by atoms with E-state index in [1.165, 1.54) is 0 Å². The van der Waals surface area contributed by atoms with Crippen molar-refractivity contribution in [3.05, 3.63) is 54.1 Å². The van der Waals surface area contributed by atoms with Gasteiger partial charge in [0.25, 0.3) is 0 Å². The number of fused-ring (bicyclic) bond motifs is 1. The second kappa shape index (κ2) is 7.67. The largest absolute Gasteiger partial charge is 0.496 e. The highest BCUT2D eigenvalue weighted by molar-refractivity contribution is 5.81. The van der Waals surface area contributed by atoms with Gasteiger partial charge >= 0.3 is 0 Å². The molecule has 7 heteroatoms. The number of nitrogens with zero attached hydrogens (tertiary/aromatic N) is 5. The SMILES string of the molecule is COc1cc(-n2cccn2)ccc1-c1nc2c(C)cn(CCC(C)O)c2nc1C. The fourth-order valence-corrected chi connectivity index (χ4v) is 3.52. The summed E-state index contributed by atoms with van der Waals surface area (Å²) in [5.74, 6) is 0.723. The van der Waals surface area contributed by atoms with Crippen LogP contribution < -0.4 is 4.74 Å². The van der Waals surface area contributed by atoms with Crippen LogP contribution in [0.15, 0.2) is 42.9 Å². The van der Waals surface area contributed by atoms with Crippen molar-refractivity contribution < 1.29 is 9.84 Å². The van der Waals surface area contributed by atoms with Crippen LogP contribution in [-0.4, -0.2) is 42.6 Å². The van der Waals surface area contributed by atoms with Crippen molar-refractivity contribution in [2.75, 3.05) is 7.11 Å². The van der Waals surface area contributed by atoms with Gasteiger partial charge in [-0.15, -0.1) is 0 Å². The zero-order valence-corrected chi connectivity index (χ0v) is 17.1. The van der Waals surface area contributed by atoms with E-state index in [1.54, 1.807) is 24.9 Å². The van der Waals surface area contributed by atoms with Crippen LogP contribution in [-0.2, 0) is 6.54 Å². The van der Waals surface area contributed by atoms with Gasteiger partial charge in [0.15, 0.2) is 5.65 Å². The van der Waals surface area contributed by atoms with E-state index in [-0.39, 0.29) is 6.10 Å². The maximum absolute atomic E-state index is 9.62. The zero-order valence-electron chi connectivity index (χ0n) is 17.1. The van der Waals surface area contributed by atoms with Crippen molar-refractivity contribution in [2.24, 2.45) is 0 Å². The minimum Gasteiger partial charge on any atom is -0.496 e. The number of aliphatic hydroxyl groups excluding tert-OH is 1. The van der Waals surface area contributed by atoms with Crippen molar-refractivity contribution in [3.63, 3.8) is 0 Å². The first-order valence-electron chi connectivity index (χ1n) is 9.68. The number of hydrogen-bond acceptors (Lipinski definition) is 5. The topological polar surface area (TPSA) is 78.0 Å². The average molecular weight is 391 g/mol. The monoisotopic (exact) mass is 391 g/mol. The minimum atomic E-state index is -0.348. The molecule has 4 rings (SSSR count). The summed E-state index contributed by atoms with van der Waals surface area (Å²) >= 11 is 0. The lowest BCUT2D eigenvalue weighted by Gasteiger charge is -2.13. The lowest BCUT2D eigenvalue weighted by atomic mass is 10.1. The first-order valence-corrected chi connectivity index (χ1v) is 9.68. The van der Waals surface area contributed by atoms with Crippen LogP contribution in [0.5, 0.6) is 5.75 Å². The normalized spacial score (nSPS) is 12.4. The van der Waals surface area contributed by atoms with Crippen LogP contribution in [0, 0.1) is 13.8 Å². The Morgan fingerprint density at radius 2 is 2.03 bits per heavy atom. The number of ether oxygens (including phenoxy) is 1. The van der Waals surface area contributed by atoms with Crippen molar-refractivity contribution in [1.82, 2.24) is 24.3 Å². The molecule has 0 saturated carbocycles. The quantitative estimate of drug-likeness (QED) is 0.542. The first-order chi connectivity index (χ1) is 14.0. The van der Waals surface area contributed by atoms with Gasteiger partial charge < -0.3 is 14.4 Å². The van der Waals surface area contributed by atoms with Crippen LogP contribution >= 0.6 is 0 Å². The van der Waals surface area contributed by atoms with Gasteiger partial charge in [0.2, 0.25) is 0 Å². The van der Waals surface area contributed by atoms with E-state index in [0.717, 1.165) is 45.1 Å². The Morgan fingerprint density at radius 3 is 2.72 bits per heavy atom. The molecule has 1 N–H and O–H groups in total. The van der Waals surface area contributed by atoms with Crippen molar-refractivity contribution >= 4 is 11.2 Å². The van der Waals surface area contributed by atoms with Gasteiger partial charge in [0.1, 0.15) is 11.3 Å². The highest BCUT2D eigenvalue weighted by Crippen LogP contribution is 2.33. The second-order valence-corrected chi connectivity index (χ2v) is 7.31. The molecule has 29 heavy (non-hydrogen) atoms. The van der Waals surface area contributed by atoms with E-state index in [1.807, 2.05) is 50.5 Å². The molecule has 1 unspecified atom stereocenters. The first kappa shape index (κ1) is 19.1. The average Bonchev–Trinajstić information content (AvgIpc) is 3.34. The summed E-state index contributed by atoms with van der Waals surface area (Å²) in [6.45, 7) is 6.50. The summed E-state index contributed by atoms with van der Waals surface area (Å²) in [5, 5.41) is 13.9. The molecule has 4 aromatic rings. The van der Waals surface area contributed by atoms with Gasteiger partial charge in [-0.25, -0.2) is 14.6 Å². The van der Waals surface area contributed by atoms with Crippen LogP contribution in [0.1, 0.15) is 24.6 Å². The molecule has 3 heterocycles. The maximum Gasteiger partial charge on any atom is 0.159 e. The van der Waals surface area contributed by atoms with E-state index >= 15 is 0 Å². The Labute approximate surface area is 169 Å². The molecule has 1 aromatic carbocycles. The van der Waals surface area contributed by atoms with Gasteiger partial charge in [-0.05, 0) is 51.0 Å². The predicted octanol–water partition coefficient (Wildman–Crippen LogP) is 3.68. The van der Waals surface area contributed by atoms with Gasteiger partial charge in [-0.3, -0.25) is 0 Å². The standard InChI is InChI=1S/C22H25N5O2/c1-14-13-26(11-8-15(2)28)22-20(14)25-21(16(3)24-22)18-7-6-17(12-19(18)29-4)27-10-5-9-23-27/h5-7,9-10,12-13,15,28H,8,11H2,1-4H3. The van der Waals surface area contributed by atoms with Crippen LogP contribution in [0.4, 0.5) is 0 Å². The molecular formula is C22H25N5O2. The molecule has 1 atom stereocenters. The summed E-state index contributed by atoms with van der Waals surface area (Å²) in [5.41, 5.74) is 6.23. The molecule has 0 aliphatic carbocycles. The van der Waals surface area contributed by atoms with Gasteiger partial charge in [-0.1, -0.05) is 0 Å². The van der Waals surface area contributed by atoms with E-state index in [0.29, 0.717) is 13.0 Å². The summed E-state index contributed by atoms with van der Waals surface area (Å²) < 4.78 is 9.52. The van der Waals surface area contributed by atoms with Crippen LogP contribution in [0.3, 0.4) is 0 Å². The molecule has 0 amide bonds. The number of methoxy groups -OCH3 is 1. The molecule has 0 fully saturated rings. The molecule has 0 bridgehead atoms. The third kappa shape index (κ3) is 3.61. The number of hydrogen-bond donors (Lipinski definition) is 1. The van der Waals surface area contributed by atoms with E-state index in [9.17, 15) is 5.11 Å². The molecule has 150 valence electrons. The van der Waals surface area contributed by atoms with Gasteiger partial charge in [-0.2, -0.15) is 5.10 Å². The fraction of sp³-hybridized carbons (Fsp3) is 0.318. The molecule has 0 radical (unpaired) electrons. The lowest BCUT2D eigenvalue weighted by Crippen LogP contribution is -2.07. The van der Waals surface area contributed by atoms with Gasteiger partial charge in [0.05, 0.1) is 30.3 Å². The van der Waals surface area contributed by atoms with Crippen LogP contribution in [0.2, 0.25) is 0 Å². The smallest absolute Gasteiger partial charge is 0.159 e. The number of rotatable bonds is 6. The zero-order chi connectivity index (χ0) is 20.5. The van der Waals surface area contributed by atoms with E-state index < -0.39 is 0 Å². The highest BCUT2D eigenvalue weighted by Gasteiger charge is 2.17. The molecule has 7 nitrogen and oxygen atoms in total. The van der Waals surface area contributed by atoms with Crippen molar-refractivity contribution in [2.45, 2.75) is 39.8 Å². The molecule has 3 aromatic heterocycles. The Kier molecular flexibility index (Phi) is 5.07. The maximum atomic E-state index is 9.62. The number of aryl methyl sites for hydroxylation is 3. The van der Waals surface area contributed by atoms with Crippen LogP contribution in [0.25, 0.3) is 28.1 Å². The third-order valence-corrected chi connectivity index (χ3v) is 5.04. The number of aliphatic hydroxyl groups is 1. The summed E-state index contributed by atoms with van der Waals surface area (Å²) in [4.78, 5) is 9.79. The van der Waals surface area contributed by atoms with E-state index in [2.05, 4.69) is 9.67 Å². The second-order valence-electron chi connectivity index (χ2n) is 7.31. The fourth-order valence-electron chi connectivity index (χ4n) is 3.52.